The third kappa shape index (κ3) is 12.0. The molecule has 16 nitrogen and oxygen atoms in total. The van der Waals surface area contributed by atoms with Gasteiger partial charge in [-0.05, 0) is 45.4 Å². The highest BCUT2D eigenvalue weighted by Crippen LogP contribution is 2.32. The average molecular weight is 808 g/mol. The number of thioether (sulfide) groups is 1. The number of hydrogen-bond acceptors (Lipinski definition) is 11. The number of aliphatic carboxylic acids is 1. The second kappa shape index (κ2) is 20.4. The van der Waals surface area contributed by atoms with Gasteiger partial charge in [0, 0.05) is 47.8 Å². The fourth-order valence-corrected chi connectivity index (χ4v) is 6.28. The number of halogens is 3. The summed E-state index contributed by atoms with van der Waals surface area (Å²) in [5, 5.41) is 20.9. The molecule has 0 spiro atoms. The highest BCUT2D eigenvalue weighted by Gasteiger charge is 2.38. The topological polar surface area (TPSA) is 246 Å². The molecule has 0 aromatic heterocycles. The Bertz CT molecular complexity index is 1830. The molecule has 56 heavy (non-hydrogen) atoms. The fraction of sp³-hybridized carbons (Fsp3) is 0.444. The standard InChI is InChI=1S/C34H43N7O7S.C2HF3O2/c1-19(35)31(45)39-20(2)32(46)40-25(18-49-3)33(47)38-17-27(42)41-16-7-13-26(41)34(48)37-15-8-14-36-24-12-6-11-23-28(24)30(44)22-10-5-4-9-21(22)29(23)43;3-2(4,5)1(6)7/h4-6,9-12,19-20,25-26,36H,7-8,13-18,35H2,1-3H3,(H,37,48)(H,38,47)(H,39,45)(H,40,46);(H,6,7)/t19-,20-,25-,26-;/m0./s1. The van der Waals surface area contributed by atoms with Gasteiger partial charge in [-0.3, -0.25) is 33.6 Å². The number of anilines is 1. The van der Waals surface area contributed by atoms with E-state index in [0.29, 0.717) is 66.8 Å². The molecule has 5 amide bonds. The number of carbonyl (C=O) groups is 8. The van der Waals surface area contributed by atoms with Gasteiger partial charge in [-0.1, -0.05) is 36.4 Å². The lowest BCUT2D eigenvalue weighted by molar-refractivity contribution is -0.192. The Morgan fingerprint density at radius 3 is 2.12 bits per heavy atom. The van der Waals surface area contributed by atoms with E-state index in [1.807, 2.05) is 0 Å². The first-order chi connectivity index (χ1) is 26.4. The van der Waals surface area contributed by atoms with E-state index in [-0.39, 0.29) is 29.8 Å². The van der Waals surface area contributed by atoms with Crippen LogP contribution in [0.3, 0.4) is 0 Å². The molecule has 304 valence electrons. The van der Waals surface area contributed by atoms with E-state index >= 15 is 0 Å². The SMILES string of the molecule is CSC[C@H](NC(=O)[C@H](C)NC(=O)[C@H](C)N)C(=O)NCC(=O)N1CCC[C@H]1C(=O)NCCCNc1cccc2c1C(=O)c1ccccc1C2=O.O=C(O)C(F)(F)F. The number of benzene rings is 2. The summed E-state index contributed by atoms with van der Waals surface area (Å²) >= 11 is 1.32. The zero-order valence-electron chi connectivity index (χ0n) is 30.8. The quantitative estimate of drug-likeness (QED) is 0.106. The Morgan fingerprint density at radius 2 is 1.52 bits per heavy atom. The molecule has 4 atom stereocenters. The van der Waals surface area contributed by atoms with Crippen LogP contribution in [0, 0.1) is 0 Å². The van der Waals surface area contributed by atoms with Crippen LogP contribution >= 0.6 is 11.8 Å². The molecular weight excluding hydrogens is 763 g/mol. The number of ketones is 2. The zero-order valence-corrected chi connectivity index (χ0v) is 31.6. The maximum Gasteiger partial charge on any atom is 0.490 e. The maximum absolute atomic E-state index is 13.2. The molecule has 1 aliphatic carbocycles. The molecule has 2 aromatic carbocycles. The smallest absolute Gasteiger partial charge is 0.475 e. The number of rotatable bonds is 15. The van der Waals surface area contributed by atoms with Crippen LogP contribution in [0.2, 0.25) is 0 Å². The monoisotopic (exact) mass is 807 g/mol. The Kier molecular flexibility index (Phi) is 16.4. The highest BCUT2D eigenvalue weighted by molar-refractivity contribution is 7.98. The van der Waals surface area contributed by atoms with Gasteiger partial charge in [-0.25, -0.2) is 4.79 Å². The van der Waals surface area contributed by atoms with E-state index in [2.05, 4.69) is 26.6 Å². The Labute approximate surface area is 324 Å². The van der Waals surface area contributed by atoms with Gasteiger partial charge in [0.05, 0.1) is 18.2 Å². The number of amides is 5. The van der Waals surface area contributed by atoms with Crippen molar-refractivity contribution in [2.75, 3.05) is 43.5 Å². The van der Waals surface area contributed by atoms with Crippen molar-refractivity contribution < 1.29 is 56.6 Å². The molecule has 1 heterocycles. The lowest BCUT2D eigenvalue weighted by Crippen LogP contribution is -2.56. The van der Waals surface area contributed by atoms with Crippen molar-refractivity contribution in [1.29, 1.82) is 0 Å². The van der Waals surface area contributed by atoms with E-state index in [4.69, 9.17) is 15.6 Å². The van der Waals surface area contributed by atoms with Crippen LogP contribution in [-0.4, -0.2) is 126 Å². The summed E-state index contributed by atoms with van der Waals surface area (Å²) in [6.07, 6.45) is -1.70. The number of fused-ring (bicyclic) bond motifs is 2. The van der Waals surface area contributed by atoms with E-state index in [1.165, 1.54) is 30.5 Å². The minimum absolute atomic E-state index is 0.197. The van der Waals surface area contributed by atoms with Crippen LogP contribution in [-0.2, 0) is 28.8 Å². The van der Waals surface area contributed by atoms with Crippen molar-refractivity contribution in [3.8, 4) is 0 Å². The van der Waals surface area contributed by atoms with E-state index in [0.717, 1.165) is 0 Å². The molecule has 0 saturated carbocycles. The molecule has 20 heteroatoms. The minimum atomic E-state index is -5.08. The third-order valence-electron chi connectivity index (χ3n) is 8.58. The van der Waals surface area contributed by atoms with E-state index < -0.39 is 59.9 Å². The lowest BCUT2D eigenvalue weighted by atomic mass is 9.83. The predicted octanol–water partition coefficient (Wildman–Crippen LogP) is 0.820. The molecule has 1 saturated heterocycles. The first kappa shape index (κ1) is 44.9. The van der Waals surface area contributed by atoms with E-state index in [1.54, 1.807) is 48.7 Å². The average Bonchev–Trinajstić information content (AvgIpc) is 3.65. The summed E-state index contributed by atoms with van der Waals surface area (Å²) in [5.74, 6) is -5.30. The first-order valence-corrected chi connectivity index (χ1v) is 18.8. The number of nitrogens with one attached hydrogen (secondary N) is 5. The van der Waals surface area contributed by atoms with Gasteiger partial charge in [0.25, 0.3) is 0 Å². The number of nitrogens with two attached hydrogens (primary N) is 1. The van der Waals surface area contributed by atoms with Crippen molar-refractivity contribution in [2.24, 2.45) is 5.73 Å². The first-order valence-electron chi connectivity index (χ1n) is 17.4. The Hall–Kier alpha value is -5.50. The van der Waals surface area contributed by atoms with Gasteiger partial charge in [0.1, 0.15) is 18.1 Å². The van der Waals surface area contributed by atoms with Gasteiger partial charge in [0.2, 0.25) is 29.5 Å². The molecule has 2 aromatic rings. The van der Waals surface area contributed by atoms with Crippen molar-refractivity contribution in [1.82, 2.24) is 26.2 Å². The van der Waals surface area contributed by atoms with Crippen molar-refractivity contribution in [3.05, 3.63) is 64.7 Å². The summed E-state index contributed by atoms with van der Waals surface area (Å²) in [4.78, 5) is 99.9. The van der Waals surface area contributed by atoms with Gasteiger partial charge < -0.3 is 42.3 Å². The van der Waals surface area contributed by atoms with Crippen LogP contribution in [0.5, 0.6) is 0 Å². The van der Waals surface area contributed by atoms with Crippen molar-refractivity contribution >= 4 is 64.5 Å². The third-order valence-corrected chi connectivity index (χ3v) is 9.25. The van der Waals surface area contributed by atoms with Crippen LogP contribution in [0.1, 0.15) is 65.0 Å². The van der Waals surface area contributed by atoms with Crippen LogP contribution in [0.25, 0.3) is 0 Å². The van der Waals surface area contributed by atoms with Gasteiger partial charge in [-0.15, -0.1) is 0 Å². The molecule has 1 fully saturated rings. The number of likely N-dealkylation sites (tertiary alicyclic amines) is 1. The maximum atomic E-state index is 13.2. The lowest BCUT2D eigenvalue weighted by Gasteiger charge is -2.25. The molecule has 8 N–H and O–H groups in total. The minimum Gasteiger partial charge on any atom is -0.475 e. The van der Waals surface area contributed by atoms with Crippen LogP contribution in [0.4, 0.5) is 18.9 Å². The Morgan fingerprint density at radius 1 is 0.893 bits per heavy atom. The largest absolute Gasteiger partial charge is 0.490 e. The second-order valence-corrected chi connectivity index (χ2v) is 13.7. The van der Waals surface area contributed by atoms with Crippen LogP contribution in [0.15, 0.2) is 42.5 Å². The molecule has 1 aliphatic heterocycles. The van der Waals surface area contributed by atoms with Gasteiger partial charge >= 0.3 is 12.1 Å². The van der Waals surface area contributed by atoms with Crippen LogP contribution < -0.4 is 32.3 Å². The number of nitrogens with zero attached hydrogens (tertiary/aromatic N) is 1. The van der Waals surface area contributed by atoms with Gasteiger partial charge in [-0.2, -0.15) is 24.9 Å². The molecule has 4 rings (SSSR count). The zero-order chi connectivity index (χ0) is 41.7. The number of carboxylic acids is 1. The molecule has 2 aliphatic rings. The fourth-order valence-electron chi connectivity index (χ4n) is 5.72. The number of carboxylic acid groups (broad SMARTS) is 1. The number of carbonyl (C=O) groups excluding carboxylic acids is 7. The number of alkyl halides is 3. The van der Waals surface area contributed by atoms with E-state index in [9.17, 15) is 46.7 Å². The van der Waals surface area contributed by atoms with Gasteiger partial charge in [0.15, 0.2) is 11.6 Å². The summed E-state index contributed by atoms with van der Waals surface area (Å²) in [7, 11) is 0. The molecular formula is C36H44F3N7O9S. The normalized spacial score (nSPS) is 16.1. The summed E-state index contributed by atoms with van der Waals surface area (Å²) in [6.45, 7) is 3.71. The Balaban J connectivity index is 0.00000109. The second-order valence-electron chi connectivity index (χ2n) is 12.8. The van der Waals surface area contributed by atoms with Crippen molar-refractivity contribution in [2.45, 2.75) is 63.5 Å². The molecule has 0 bridgehead atoms. The van der Waals surface area contributed by atoms with Crippen molar-refractivity contribution in [3.63, 3.8) is 0 Å². The highest BCUT2D eigenvalue weighted by atomic mass is 32.2. The summed E-state index contributed by atoms with van der Waals surface area (Å²) < 4.78 is 31.7. The molecule has 0 unspecified atom stereocenters. The molecule has 0 radical (unpaired) electrons. The summed E-state index contributed by atoms with van der Waals surface area (Å²) in [6, 6.07) is 8.52. The summed E-state index contributed by atoms with van der Waals surface area (Å²) in [5.41, 5.74) is 7.53. The number of hydrogen-bond donors (Lipinski definition) is 7. The predicted molar refractivity (Wildman–Crippen MR) is 199 cm³/mol.